The van der Waals surface area contributed by atoms with Gasteiger partial charge in [-0.2, -0.15) is 0 Å². The third-order valence-electron chi connectivity index (χ3n) is 3.54. The molecule has 0 aliphatic carbocycles. The average Bonchev–Trinajstić information content (AvgIpc) is 2.62. The van der Waals surface area contributed by atoms with Crippen LogP contribution in [-0.4, -0.2) is 34.6 Å². The number of rotatable bonds is 8. The van der Waals surface area contributed by atoms with Gasteiger partial charge in [0.05, 0.1) is 19.4 Å². The summed E-state index contributed by atoms with van der Waals surface area (Å²) in [5.74, 6) is 0.0982. The molecule has 2 N–H and O–H groups in total. The molecular weight excluding hydrogens is 392 g/mol. The Balaban J connectivity index is 2.41. The Morgan fingerprint density at radius 1 is 1.11 bits per heavy atom. The normalized spacial score (nSPS) is 11.1. The van der Waals surface area contributed by atoms with Crippen molar-refractivity contribution in [3.63, 3.8) is 0 Å². The minimum Gasteiger partial charge on any atom is -0.495 e. The zero-order valence-corrected chi connectivity index (χ0v) is 16.8. The molecule has 0 atom stereocenters. The number of hydrogen-bond donors (Lipinski definition) is 2. The first-order valence-corrected chi connectivity index (χ1v) is 10.1. The SMILES string of the molecule is CCNS(=O)(=O)c1cc(C(=O)Nc2cc(Cl)ccc2OC)ccc1OCC. The fourth-order valence-electron chi connectivity index (χ4n) is 2.37. The van der Waals surface area contributed by atoms with E-state index in [4.69, 9.17) is 21.1 Å². The molecule has 0 bridgehead atoms. The molecule has 0 heterocycles. The van der Waals surface area contributed by atoms with Crippen LogP contribution in [0.3, 0.4) is 0 Å². The van der Waals surface area contributed by atoms with Crippen molar-refractivity contribution in [1.29, 1.82) is 0 Å². The fourth-order valence-corrected chi connectivity index (χ4v) is 3.76. The van der Waals surface area contributed by atoms with Crippen LogP contribution in [-0.2, 0) is 10.0 Å². The predicted molar refractivity (Wildman–Crippen MR) is 104 cm³/mol. The van der Waals surface area contributed by atoms with Crippen LogP contribution >= 0.6 is 11.6 Å². The molecule has 9 heteroatoms. The van der Waals surface area contributed by atoms with E-state index in [0.29, 0.717) is 23.1 Å². The largest absolute Gasteiger partial charge is 0.495 e. The van der Waals surface area contributed by atoms with Crippen molar-refractivity contribution in [2.45, 2.75) is 18.7 Å². The summed E-state index contributed by atoms with van der Waals surface area (Å²) in [5, 5.41) is 3.10. The van der Waals surface area contributed by atoms with Gasteiger partial charge >= 0.3 is 0 Å². The highest BCUT2D eigenvalue weighted by molar-refractivity contribution is 7.89. The van der Waals surface area contributed by atoms with Crippen molar-refractivity contribution >= 4 is 33.2 Å². The van der Waals surface area contributed by atoms with Gasteiger partial charge in [-0.25, -0.2) is 13.1 Å². The molecule has 1 amide bonds. The number of carbonyl (C=O) groups is 1. The topological polar surface area (TPSA) is 93.7 Å². The van der Waals surface area contributed by atoms with Crippen LogP contribution in [0.5, 0.6) is 11.5 Å². The maximum absolute atomic E-state index is 12.6. The third-order valence-corrected chi connectivity index (χ3v) is 5.34. The van der Waals surface area contributed by atoms with E-state index in [2.05, 4.69) is 10.0 Å². The molecule has 0 fully saturated rings. The zero-order valence-electron chi connectivity index (χ0n) is 15.2. The molecule has 0 unspecified atom stereocenters. The van der Waals surface area contributed by atoms with E-state index in [1.807, 2.05) is 0 Å². The van der Waals surface area contributed by atoms with Gasteiger partial charge in [0.15, 0.2) is 0 Å². The highest BCUT2D eigenvalue weighted by Crippen LogP contribution is 2.29. The van der Waals surface area contributed by atoms with Gasteiger partial charge in [0.2, 0.25) is 10.0 Å². The van der Waals surface area contributed by atoms with Crippen LogP contribution in [0.2, 0.25) is 5.02 Å². The van der Waals surface area contributed by atoms with Crippen LogP contribution < -0.4 is 19.5 Å². The minimum absolute atomic E-state index is 0.100. The number of amides is 1. The Morgan fingerprint density at radius 2 is 1.81 bits per heavy atom. The number of halogens is 1. The molecule has 0 saturated carbocycles. The molecule has 0 aliphatic rings. The Labute approximate surface area is 163 Å². The van der Waals surface area contributed by atoms with Crippen molar-refractivity contribution in [2.24, 2.45) is 0 Å². The first-order chi connectivity index (χ1) is 12.8. The Bertz CT molecular complexity index is 931. The quantitative estimate of drug-likeness (QED) is 0.693. The molecule has 2 rings (SSSR count). The zero-order chi connectivity index (χ0) is 20.0. The highest BCUT2D eigenvalue weighted by atomic mass is 35.5. The van der Waals surface area contributed by atoms with Crippen molar-refractivity contribution in [1.82, 2.24) is 4.72 Å². The second-order valence-corrected chi connectivity index (χ2v) is 7.57. The van der Waals surface area contributed by atoms with Crippen LogP contribution in [0.25, 0.3) is 0 Å². The first-order valence-electron chi connectivity index (χ1n) is 8.23. The summed E-state index contributed by atoms with van der Waals surface area (Å²) < 4.78 is 37.9. The number of sulfonamides is 1. The van der Waals surface area contributed by atoms with Crippen LogP contribution in [0.1, 0.15) is 24.2 Å². The maximum atomic E-state index is 12.6. The number of methoxy groups -OCH3 is 1. The summed E-state index contributed by atoms with van der Waals surface area (Å²) in [5.41, 5.74) is 0.525. The minimum atomic E-state index is -3.81. The van der Waals surface area contributed by atoms with Gasteiger partial charge < -0.3 is 14.8 Å². The molecule has 0 spiro atoms. The summed E-state index contributed by atoms with van der Waals surface area (Å²) in [6, 6.07) is 9.02. The molecule has 27 heavy (non-hydrogen) atoms. The standard InChI is InChI=1S/C18H21ClN2O5S/c1-4-20-27(23,24)17-10-12(6-8-16(17)26-5-2)18(22)21-14-11-13(19)7-9-15(14)25-3/h6-11,20H,4-5H2,1-3H3,(H,21,22). The van der Waals surface area contributed by atoms with E-state index in [1.165, 1.54) is 25.3 Å². The number of nitrogens with one attached hydrogen (secondary N) is 2. The van der Waals surface area contributed by atoms with Crippen LogP contribution in [0.4, 0.5) is 5.69 Å². The Morgan fingerprint density at radius 3 is 2.44 bits per heavy atom. The van der Waals surface area contributed by atoms with E-state index in [0.717, 1.165) is 0 Å². The van der Waals surface area contributed by atoms with Gasteiger partial charge in [0, 0.05) is 17.1 Å². The second kappa shape index (κ2) is 9.07. The second-order valence-electron chi connectivity index (χ2n) is 5.39. The molecule has 146 valence electrons. The van der Waals surface area contributed by atoms with Crippen molar-refractivity contribution in [3.05, 3.63) is 47.0 Å². The number of anilines is 1. The molecule has 0 aromatic heterocycles. The van der Waals surface area contributed by atoms with E-state index in [9.17, 15) is 13.2 Å². The lowest BCUT2D eigenvalue weighted by atomic mass is 10.2. The van der Waals surface area contributed by atoms with E-state index in [-0.39, 0.29) is 22.8 Å². The molecule has 0 aliphatic heterocycles. The Kier molecular flexibility index (Phi) is 7.06. The van der Waals surface area contributed by atoms with E-state index >= 15 is 0 Å². The predicted octanol–water partition coefficient (Wildman–Crippen LogP) is 3.30. The van der Waals surface area contributed by atoms with Gasteiger partial charge in [-0.15, -0.1) is 0 Å². The molecular formula is C18H21ClN2O5S. The number of hydrogen-bond acceptors (Lipinski definition) is 5. The van der Waals surface area contributed by atoms with Crippen molar-refractivity contribution in [2.75, 3.05) is 25.6 Å². The van der Waals surface area contributed by atoms with E-state index in [1.54, 1.807) is 32.0 Å². The van der Waals surface area contributed by atoms with Gasteiger partial charge in [-0.05, 0) is 43.3 Å². The lowest BCUT2D eigenvalue weighted by Crippen LogP contribution is -2.24. The maximum Gasteiger partial charge on any atom is 0.255 e. The monoisotopic (exact) mass is 412 g/mol. The van der Waals surface area contributed by atoms with Gasteiger partial charge in [0.25, 0.3) is 5.91 Å². The van der Waals surface area contributed by atoms with E-state index < -0.39 is 15.9 Å². The molecule has 0 saturated heterocycles. The van der Waals surface area contributed by atoms with Crippen molar-refractivity contribution < 1.29 is 22.7 Å². The fraction of sp³-hybridized carbons (Fsp3) is 0.278. The smallest absolute Gasteiger partial charge is 0.255 e. The average molecular weight is 413 g/mol. The summed E-state index contributed by atoms with van der Waals surface area (Å²) in [6.45, 7) is 3.92. The third kappa shape index (κ3) is 5.12. The van der Waals surface area contributed by atoms with Crippen LogP contribution in [0, 0.1) is 0 Å². The lowest BCUT2D eigenvalue weighted by Gasteiger charge is -2.14. The molecule has 0 radical (unpaired) electrons. The lowest BCUT2D eigenvalue weighted by molar-refractivity contribution is 0.102. The summed E-state index contributed by atoms with van der Waals surface area (Å²) in [7, 11) is -2.34. The first kappa shape index (κ1) is 21.0. The number of benzene rings is 2. The van der Waals surface area contributed by atoms with Gasteiger partial charge in [-0.1, -0.05) is 18.5 Å². The Hall–Kier alpha value is -2.29. The van der Waals surface area contributed by atoms with Crippen molar-refractivity contribution in [3.8, 4) is 11.5 Å². The molecule has 2 aromatic rings. The van der Waals surface area contributed by atoms with Crippen LogP contribution in [0.15, 0.2) is 41.3 Å². The molecule has 2 aromatic carbocycles. The molecule has 7 nitrogen and oxygen atoms in total. The number of ether oxygens (including phenoxy) is 2. The summed E-state index contributed by atoms with van der Waals surface area (Å²) in [4.78, 5) is 12.5. The number of carbonyl (C=O) groups excluding carboxylic acids is 1. The van der Waals surface area contributed by atoms with Gasteiger partial charge in [-0.3, -0.25) is 4.79 Å². The summed E-state index contributed by atoms with van der Waals surface area (Å²) in [6.07, 6.45) is 0. The highest BCUT2D eigenvalue weighted by Gasteiger charge is 2.21. The van der Waals surface area contributed by atoms with Gasteiger partial charge in [0.1, 0.15) is 16.4 Å². The summed E-state index contributed by atoms with van der Waals surface area (Å²) >= 11 is 5.97.